The predicted molar refractivity (Wildman–Crippen MR) is 68.3 cm³/mol. The lowest BCUT2D eigenvalue weighted by atomic mass is 9.94. The van der Waals surface area contributed by atoms with Crippen LogP contribution in [-0.2, 0) is 6.42 Å². The molecule has 0 fully saturated rings. The Hall–Kier alpha value is -2.03. The largest absolute Gasteiger partial charge is 0.293 e. The van der Waals surface area contributed by atoms with Crippen molar-refractivity contribution in [2.75, 3.05) is 0 Å². The molecule has 3 rings (SSSR count). The standard InChI is InChI=1S/C16H12F2O/c1-9-5-10(7-11(17)6-9)13-8-14-12(16(13)19)3-2-4-15(14)18/h2-7,13H,8H2,1H3. The summed E-state index contributed by atoms with van der Waals surface area (Å²) in [5, 5.41) is 0. The Morgan fingerprint density at radius 2 is 1.95 bits per heavy atom. The number of aryl methyl sites for hydroxylation is 1. The van der Waals surface area contributed by atoms with E-state index in [4.69, 9.17) is 0 Å². The maximum Gasteiger partial charge on any atom is 0.171 e. The van der Waals surface area contributed by atoms with Crippen LogP contribution >= 0.6 is 0 Å². The summed E-state index contributed by atoms with van der Waals surface area (Å²) in [4.78, 5) is 12.3. The van der Waals surface area contributed by atoms with Gasteiger partial charge in [0.2, 0.25) is 0 Å². The maximum absolute atomic E-state index is 13.7. The third-order valence-electron chi connectivity index (χ3n) is 3.58. The minimum atomic E-state index is -0.471. The third kappa shape index (κ3) is 1.95. The van der Waals surface area contributed by atoms with Crippen LogP contribution in [0, 0.1) is 18.6 Å². The molecule has 96 valence electrons. The lowest BCUT2D eigenvalue weighted by molar-refractivity contribution is 0.0973. The van der Waals surface area contributed by atoms with Gasteiger partial charge >= 0.3 is 0 Å². The molecular formula is C16H12F2O. The van der Waals surface area contributed by atoms with E-state index in [9.17, 15) is 13.6 Å². The number of hydrogen-bond donors (Lipinski definition) is 0. The van der Waals surface area contributed by atoms with Gasteiger partial charge in [-0.15, -0.1) is 0 Å². The van der Waals surface area contributed by atoms with Crippen molar-refractivity contribution in [3.05, 3.63) is 70.3 Å². The van der Waals surface area contributed by atoms with Gasteiger partial charge in [0.1, 0.15) is 11.6 Å². The lowest BCUT2D eigenvalue weighted by Gasteiger charge is -2.09. The number of carbonyl (C=O) groups excluding carboxylic acids is 1. The lowest BCUT2D eigenvalue weighted by Crippen LogP contribution is -2.07. The highest BCUT2D eigenvalue weighted by atomic mass is 19.1. The van der Waals surface area contributed by atoms with E-state index in [0.29, 0.717) is 23.1 Å². The zero-order valence-electron chi connectivity index (χ0n) is 10.4. The zero-order chi connectivity index (χ0) is 13.6. The third-order valence-corrected chi connectivity index (χ3v) is 3.58. The summed E-state index contributed by atoms with van der Waals surface area (Å²) < 4.78 is 27.1. The molecule has 19 heavy (non-hydrogen) atoms. The molecule has 0 heterocycles. The van der Waals surface area contributed by atoms with Crippen molar-refractivity contribution in [1.82, 2.24) is 0 Å². The molecule has 1 atom stereocenters. The van der Waals surface area contributed by atoms with Gasteiger partial charge in [-0.3, -0.25) is 4.79 Å². The molecule has 0 bridgehead atoms. The van der Waals surface area contributed by atoms with Crippen LogP contribution in [0.2, 0.25) is 0 Å². The molecule has 0 saturated carbocycles. The highest BCUT2D eigenvalue weighted by molar-refractivity contribution is 6.05. The number of hydrogen-bond acceptors (Lipinski definition) is 1. The zero-order valence-corrected chi connectivity index (χ0v) is 10.4. The average molecular weight is 258 g/mol. The molecular weight excluding hydrogens is 246 g/mol. The number of benzene rings is 2. The number of ketones is 1. The topological polar surface area (TPSA) is 17.1 Å². The summed E-state index contributed by atoms with van der Waals surface area (Å²) in [7, 11) is 0. The molecule has 2 aromatic rings. The Balaban J connectivity index is 2.06. The second-order valence-corrected chi connectivity index (χ2v) is 4.95. The van der Waals surface area contributed by atoms with Crippen LogP contribution in [-0.4, -0.2) is 5.78 Å². The summed E-state index contributed by atoms with van der Waals surface area (Å²) in [5.41, 5.74) is 2.25. The molecule has 1 aliphatic carbocycles. The quantitative estimate of drug-likeness (QED) is 0.760. The Kier molecular flexibility index (Phi) is 2.70. The Labute approximate surface area is 109 Å². The average Bonchev–Trinajstić information content (AvgIpc) is 2.68. The molecule has 0 aliphatic heterocycles. The maximum atomic E-state index is 13.7. The minimum Gasteiger partial charge on any atom is -0.293 e. The molecule has 0 radical (unpaired) electrons. The molecule has 0 amide bonds. The molecule has 0 aromatic heterocycles. The fourth-order valence-electron chi connectivity index (χ4n) is 2.72. The van der Waals surface area contributed by atoms with Crippen LogP contribution in [0.5, 0.6) is 0 Å². The fraction of sp³-hybridized carbons (Fsp3) is 0.188. The SMILES string of the molecule is Cc1cc(F)cc(C2Cc3c(F)cccc3C2=O)c1. The molecule has 2 aromatic carbocycles. The van der Waals surface area contributed by atoms with E-state index < -0.39 is 5.92 Å². The van der Waals surface area contributed by atoms with Crippen molar-refractivity contribution in [2.45, 2.75) is 19.3 Å². The molecule has 3 heteroatoms. The molecule has 1 aliphatic rings. The van der Waals surface area contributed by atoms with Crippen molar-refractivity contribution in [2.24, 2.45) is 0 Å². The second-order valence-electron chi connectivity index (χ2n) is 4.95. The van der Waals surface area contributed by atoms with E-state index >= 15 is 0 Å². The first-order valence-electron chi connectivity index (χ1n) is 6.15. The number of Topliss-reactive ketones (excluding diaryl/α,β-unsaturated/α-hetero) is 1. The Morgan fingerprint density at radius 3 is 2.63 bits per heavy atom. The number of halogens is 2. The molecule has 1 nitrogen and oxygen atoms in total. The number of carbonyl (C=O) groups is 1. The summed E-state index contributed by atoms with van der Waals surface area (Å²) in [6, 6.07) is 9.08. The predicted octanol–water partition coefficient (Wildman–Crippen LogP) is 3.80. The van der Waals surface area contributed by atoms with Gasteiger partial charge in [-0.1, -0.05) is 18.2 Å². The normalized spacial score (nSPS) is 17.6. The van der Waals surface area contributed by atoms with Crippen molar-refractivity contribution in [3.63, 3.8) is 0 Å². The molecule has 1 unspecified atom stereocenters. The summed E-state index contributed by atoms with van der Waals surface area (Å²) in [6.07, 6.45) is 0.309. The smallest absolute Gasteiger partial charge is 0.171 e. The first-order valence-corrected chi connectivity index (χ1v) is 6.15. The van der Waals surface area contributed by atoms with Crippen LogP contribution in [0.15, 0.2) is 36.4 Å². The fourth-order valence-corrected chi connectivity index (χ4v) is 2.72. The van der Waals surface area contributed by atoms with Gasteiger partial charge in [0, 0.05) is 5.56 Å². The van der Waals surface area contributed by atoms with E-state index in [2.05, 4.69) is 0 Å². The van der Waals surface area contributed by atoms with Crippen LogP contribution in [0.4, 0.5) is 8.78 Å². The molecule has 0 N–H and O–H groups in total. The van der Waals surface area contributed by atoms with E-state index in [1.807, 2.05) is 0 Å². The van der Waals surface area contributed by atoms with Crippen LogP contribution in [0.1, 0.15) is 33.0 Å². The summed E-state index contributed by atoms with van der Waals surface area (Å²) >= 11 is 0. The van der Waals surface area contributed by atoms with Gasteiger partial charge in [0.05, 0.1) is 5.92 Å². The first kappa shape index (κ1) is 12.0. The monoisotopic (exact) mass is 258 g/mol. The van der Waals surface area contributed by atoms with E-state index in [1.165, 1.54) is 24.3 Å². The minimum absolute atomic E-state index is 0.125. The highest BCUT2D eigenvalue weighted by Gasteiger charge is 2.33. The Morgan fingerprint density at radius 1 is 1.16 bits per heavy atom. The Bertz CT molecular complexity index is 656. The van der Waals surface area contributed by atoms with Gasteiger partial charge in [0.25, 0.3) is 0 Å². The van der Waals surface area contributed by atoms with Gasteiger partial charge in [-0.05, 0) is 48.2 Å². The van der Waals surface area contributed by atoms with Crippen molar-refractivity contribution < 1.29 is 13.6 Å². The van der Waals surface area contributed by atoms with E-state index in [1.54, 1.807) is 19.1 Å². The summed E-state index contributed by atoms with van der Waals surface area (Å²) in [5.74, 6) is -1.32. The van der Waals surface area contributed by atoms with Gasteiger partial charge in [-0.25, -0.2) is 8.78 Å². The first-order chi connectivity index (χ1) is 9.06. The second kappa shape index (κ2) is 4.26. The highest BCUT2D eigenvalue weighted by Crippen LogP contribution is 2.35. The number of fused-ring (bicyclic) bond motifs is 1. The van der Waals surface area contributed by atoms with Gasteiger partial charge < -0.3 is 0 Å². The van der Waals surface area contributed by atoms with Crippen molar-refractivity contribution in [3.8, 4) is 0 Å². The van der Waals surface area contributed by atoms with Crippen LogP contribution in [0.25, 0.3) is 0 Å². The van der Waals surface area contributed by atoms with Crippen LogP contribution < -0.4 is 0 Å². The number of rotatable bonds is 1. The van der Waals surface area contributed by atoms with Gasteiger partial charge in [0.15, 0.2) is 5.78 Å². The molecule has 0 saturated heterocycles. The van der Waals surface area contributed by atoms with Gasteiger partial charge in [-0.2, -0.15) is 0 Å². The van der Waals surface area contributed by atoms with Crippen molar-refractivity contribution in [1.29, 1.82) is 0 Å². The van der Waals surface area contributed by atoms with Crippen LogP contribution in [0.3, 0.4) is 0 Å². The summed E-state index contributed by atoms with van der Waals surface area (Å²) in [6.45, 7) is 1.78. The molecule has 0 spiro atoms. The van der Waals surface area contributed by atoms with E-state index in [0.717, 1.165) is 5.56 Å². The van der Waals surface area contributed by atoms with E-state index in [-0.39, 0.29) is 17.4 Å². The van der Waals surface area contributed by atoms with Crippen molar-refractivity contribution >= 4 is 5.78 Å².